The second-order valence-electron chi connectivity index (χ2n) is 27.3. The topological polar surface area (TPSA) is 237 Å². The number of aliphatic hydroxyl groups is 1. The molecule has 5 unspecified atom stereocenters. The van der Waals surface area contributed by atoms with E-state index in [-0.39, 0.29) is 25.7 Å². The Morgan fingerprint density at radius 3 is 0.791 bits per heavy atom. The molecule has 624 valence electrons. The van der Waals surface area contributed by atoms with Gasteiger partial charge in [-0.2, -0.15) is 0 Å². The first-order valence-corrected chi connectivity index (χ1v) is 45.0. The van der Waals surface area contributed by atoms with Gasteiger partial charge in [0.05, 0.1) is 26.4 Å². The number of aliphatic hydroxyl groups excluding tert-OH is 1. The van der Waals surface area contributed by atoms with Crippen LogP contribution in [0.25, 0.3) is 0 Å². The van der Waals surface area contributed by atoms with E-state index >= 15 is 0 Å². The Morgan fingerprint density at radius 1 is 0.264 bits per heavy atom. The third-order valence-electron chi connectivity index (χ3n) is 16.9. The molecule has 0 fully saturated rings. The zero-order chi connectivity index (χ0) is 80.3. The number of ether oxygens (including phenoxy) is 4. The molecule has 17 nitrogen and oxygen atoms in total. The largest absolute Gasteiger partial charge is 0.472 e. The summed E-state index contributed by atoms with van der Waals surface area (Å²) in [7, 11) is -10.0. The SMILES string of the molecule is CC/C=C\C/C=C\C/C=C\C/C=C\C/C=C\C/C=C\CCC(=O)OCC(COP(=O)(O)OCC(O)COP(=O)(O)OCC(COC(=O)CCCCC/C=C\C/C=C\C/C=C\C/C=C\C/C=C\CC)OC(=O)CCCCCCCC/C=C\C/C=C\C/C=C\C/C=C\CC)OC(=O)CCCCCCCCCCCCCCC. The molecule has 0 amide bonds. The van der Waals surface area contributed by atoms with Gasteiger partial charge in [-0.15, -0.1) is 0 Å². The minimum atomic E-state index is -5.01. The Balaban J connectivity index is 5.48. The maximum atomic E-state index is 13.1. The number of carbonyl (C=O) groups is 4. The molecule has 110 heavy (non-hydrogen) atoms. The van der Waals surface area contributed by atoms with Crippen molar-refractivity contribution in [1.29, 1.82) is 0 Å². The van der Waals surface area contributed by atoms with Gasteiger partial charge in [-0.3, -0.25) is 37.3 Å². The first-order valence-electron chi connectivity index (χ1n) is 42.0. The van der Waals surface area contributed by atoms with Crippen molar-refractivity contribution in [2.75, 3.05) is 39.6 Å². The van der Waals surface area contributed by atoms with E-state index in [1.54, 1.807) is 0 Å². The van der Waals surface area contributed by atoms with Gasteiger partial charge in [-0.25, -0.2) is 9.13 Å². The van der Waals surface area contributed by atoms with E-state index in [1.165, 1.54) is 51.4 Å². The predicted molar refractivity (Wildman–Crippen MR) is 454 cm³/mol. The van der Waals surface area contributed by atoms with Crippen LogP contribution in [-0.2, 0) is 65.4 Å². The van der Waals surface area contributed by atoms with E-state index in [0.717, 1.165) is 173 Å². The van der Waals surface area contributed by atoms with Crippen LogP contribution in [0.4, 0.5) is 0 Å². The monoisotopic (exact) mass is 1580 g/mol. The molecule has 0 saturated heterocycles. The van der Waals surface area contributed by atoms with E-state index in [9.17, 15) is 43.2 Å². The molecule has 3 N–H and O–H groups in total. The normalized spacial score (nSPS) is 14.7. The lowest BCUT2D eigenvalue weighted by atomic mass is 10.0. The van der Waals surface area contributed by atoms with Crippen molar-refractivity contribution in [3.05, 3.63) is 182 Å². The molecule has 0 aliphatic rings. The lowest BCUT2D eigenvalue weighted by molar-refractivity contribution is -0.161. The molecule has 0 aromatic heterocycles. The molecule has 0 radical (unpaired) electrons. The van der Waals surface area contributed by atoms with Crippen LogP contribution in [0, 0.1) is 0 Å². The van der Waals surface area contributed by atoms with Crippen molar-refractivity contribution >= 4 is 39.5 Å². The summed E-state index contributed by atoms with van der Waals surface area (Å²) >= 11 is 0. The number of unbranched alkanes of at least 4 members (excludes halogenated alkanes) is 21. The van der Waals surface area contributed by atoms with Crippen molar-refractivity contribution in [1.82, 2.24) is 0 Å². The maximum Gasteiger partial charge on any atom is 0.472 e. The highest BCUT2D eigenvalue weighted by Gasteiger charge is 2.30. The first-order chi connectivity index (χ1) is 53.7. The molecule has 0 spiro atoms. The molecule has 0 aliphatic carbocycles. The van der Waals surface area contributed by atoms with E-state index in [4.69, 9.17) is 37.0 Å². The first kappa shape index (κ1) is 104. The van der Waals surface area contributed by atoms with Crippen LogP contribution in [0.2, 0.25) is 0 Å². The minimum Gasteiger partial charge on any atom is -0.462 e. The Labute approximate surface area is 666 Å². The molecule has 19 heteroatoms. The summed E-state index contributed by atoms with van der Waals surface area (Å²) in [6.07, 6.45) is 98.7. The molecule has 0 heterocycles. The van der Waals surface area contributed by atoms with E-state index in [0.29, 0.717) is 32.1 Å². The standard InChI is InChI=1S/C91H148O17P2/c1-5-9-13-17-21-25-29-33-36-39-42-45-48-52-55-59-63-67-71-75-88(93)101-81-86(107-90(95)77-73-69-65-61-57-51-32-28-24-20-16-12-8-4)83-105-109(97,98)103-79-85(92)80-104-110(99,100)106-84-87(108-91(96)78-74-70-66-62-58-54-50-47-44-41-38-35-31-27-23-19-15-11-7-3)82-102-89(94)76-72-68-64-60-56-53-49-46-43-40-37-34-30-26-22-18-14-10-6-2/h9-11,13-15,21-23,25-27,33-38,42-47,52-53,55-56,63,67,85-87,92H,5-8,12,16-20,24,28-32,39-41,48-51,54,57-62,64-66,68-84H2,1-4H3,(H,97,98)(H,99,100)/b13-9-,14-10-,15-11-,25-21-,26-22-,27-23-,36-33-,37-34-,38-35-,45-42-,46-43-,47-44-,55-52-,56-53-,67-63-. The molecule has 0 aromatic carbocycles. The highest BCUT2D eigenvalue weighted by Crippen LogP contribution is 2.45. The summed E-state index contributed by atoms with van der Waals surface area (Å²) in [4.78, 5) is 73.2. The highest BCUT2D eigenvalue weighted by atomic mass is 31.2. The molecule has 5 atom stereocenters. The van der Waals surface area contributed by atoms with Crippen molar-refractivity contribution < 1.29 is 80.2 Å². The van der Waals surface area contributed by atoms with Gasteiger partial charge in [0.1, 0.15) is 19.3 Å². The smallest absolute Gasteiger partial charge is 0.462 e. The average Bonchev–Trinajstić information content (AvgIpc) is 0.942. The number of hydrogen-bond donors (Lipinski definition) is 3. The number of hydrogen-bond acceptors (Lipinski definition) is 15. The lowest BCUT2D eigenvalue weighted by Crippen LogP contribution is -2.30. The third kappa shape index (κ3) is 80.2. The fourth-order valence-corrected chi connectivity index (χ4v) is 12.2. The summed E-state index contributed by atoms with van der Waals surface area (Å²) in [5, 5.41) is 10.7. The molecule has 0 aliphatic heterocycles. The van der Waals surface area contributed by atoms with Gasteiger partial charge in [0.15, 0.2) is 12.2 Å². The predicted octanol–water partition coefficient (Wildman–Crippen LogP) is 25.1. The maximum absolute atomic E-state index is 13.1. The number of carbonyl (C=O) groups excluding carboxylic acids is 4. The Hall–Kier alpha value is -5.84. The van der Waals surface area contributed by atoms with Gasteiger partial charge in [-0.1, -0.05) is 319 Å². The van der Waals surface area contributed by atoms with Crippen molar-refractivity contribution in [3.8, 4) is 0 Å². The number of esters is 4. The molecule has 0 bridgehead atoms. The van der Waals surface area contributed by atoms with Crippen LogP contribution in [0.1, 0.15) is 310 Å². The van der Waals surface area contributed by atoms with E-state index in [2.05, 4.69) is 192 Å². The van der Waals surface area contributed by atoms with Crippen LogP contribution in [-0.4, -0.2) is 96.7 Å². The van der Waals surface area contributed by atoms with Gasteiger partial charge in [-0.05, 0) is 148 Å². The molecular formula is C91H148O17P2. The van der Waals surface area contributed by atoms with Crippen LogP contribution in [0.5, 0.6) is 0 Å². The summed E-state index contributed by atoms with van der Waals surface area (Å²) in [5.41, 5.74) is 0. The fraction of sp³-hybridized carbons (Fsp3) is 0.626. The summed E-state index contributed by atoms with van der Waals surface area (Å²) in [5.74, 6) is -2.33. The zero-order valence-corrected chi connectivity index (χ0v) is 70.1. The van der Waals surface area contributed by atoms with Crippen LogP contribution in [0.3, 0.4) is 0 Å². The fourth-order valence-electron chi connectivity index (χ4n) is 10.6. The summed E-state index contributed by atoms with van der Waals surface area (Å²) < 4.78 is 68.7. The molecule has 0 saturated carbocycles. The number of rotatable bonds is 77. The van der Waals surface area contributed by atoms with Crippen LogP contribution < -0.4 is 0 Å². The molecule has 0 aromatic rings. The Kier molecular flexibility index (Phi) is 76.9. The van der Waals surface area contributed by atoms with Crippen LogP contribution >= 0.6 is 15.6 Å². The lowest BCUT2D eigenvalue weighted by Gasteiger charge is -2.21. The van der Waals surface area contributed by atoms with Gasteiger partial charge >= 0.3 is 39.5 Å². The second kappa shape index (κ2) is 81.2. The Bertz CT molecular complexity index is 2800. The minimum absolute atomic E-state index is 0.0318. The number of phosphoric acid groups is 2. The summed E-state index contributed by atoms with van der Waals surface area (Å²) in [6.45, 7) is 4.40. The molecule has 0 rings (SSSR count). The van der Waals surface area contributed by atoms with Crippen LogP contribution in [0.15, 0.2) is 182 Å². The van der Waals surface area contributed by atoms with E-state index in [1.807, 2.05) is 18.2 Å². The Morgan fingerprint density at radius 2 is 0.491 bits per heavy atom. The van der Waals surface area contributed by atoms with Gasteiger partial charge < -0.3 is 33.8 Å². The zero-order valence-electron chi connectivity index (χ0n) is 68.4. The highest BCUT2D eigenvalue weighted by molar-refractivity contribution is 7.47. The van der Waals surface area contributed by atoms with Gasteiger partial charge in [0.2, 0.25) is 0 Å². The molecular weight excluding hydrogens is 1430 g/mol. The number of phosphoric ester groups is 2. The average molecular weight is 1580 g/mol. The third-order valence-corrected chi connectivity index (χ3v) is 18.8. The quantitative estimate of drug-likeness (QED) is 0.0169. The number of allylic oxidation sites excluding steroid dienone is 30. The van der Waals surface area contributed by atoms with Gasteiger partial charge in [0.25, 0.3) is 0 Å². The van der Waals surface area contributed by atoms with Crippen molar-refractivity contribution in [2.45, 2.75) is 329 Å². The van der Waals surface area contributed by atoms with Crippen molar-refractivity contribution in [2.24, 2.45) is 0 Å². The van der Waals surface area contributed by atoms with Crippen molar-refractivity contribution in [3.63, 3.8) is 0 Å². The van der Waals surface area contributed by atoms with E-state index < -0.39 is 97.5 Å². The summed E-state index contributed by atoms with van der Waals surface area (Å²) in [6, 6.07) is 0. The van der Waals surface area contributed by atoms with Gasteiger partial charge in [0, 0.05) is 25.7 Å². The second-order valence-corrected chi connectivity index (χ2v) is 30.2.